The minimum Gasteiger partial charge on any atom is -0.492 e. The van der Waals surface area contributed by atoms with Crippen molar-refractivity contribution in [3.63, 3.8) is 0 Å². The van der Waals surface area contributed by atoms with Gasteiger partial charge in [-0.3, -0.25) is 0 Å². The summed E-state index contributed by atoms with van der Waals surface area (Å²) in [7, 11) is -3.89. The third kappa shape index (κ3) is 4.98. The molecule has 8 heteroatoms. The molecule has 0 bridgehead atoms. The summed E-state index contributed by atoms with van der Waals surface area (Å²) in [6.07, 6.45) is 0. The maximum atomic E-state index is 14.0. The lowest BCUT2D eigenvalue weighted by Gasteiger charge is -2.20. The summed E-state index contributed by atoms with van der Waals surface area (Å²) in [6.45, 7) is 2.68. The monoisotopic (exact) mass is 459 g/mol. The van der Waals surface area contributed by atoms with Gasteiger partial charge in [0.15, 0.2) is 0 Å². The fourth-order valence-electron chi connectivity index (χ4n) is 3.47. The number of hydrogen-bond acceptors (Lipinski definition) is 4. The highest BCUT2D eigenvalue weighted by molar-refractivity contribution is 7.89. The first-order chi connectivity index (χ1) is 15.3. The molecule has 5 nitrogen and oxygen atoms in total. The lowest BCUT2D eigenvalue weighted by atomic mass is 10.1. The Balaban J connectivity index is 1.49. The van der Waals surface area contributed by atoms with Crippen molar-refractivity contribution in [1.29, 1.82) is 0 Å². The Morgan fingerprint density at radius 1 is 0.969 bits per heavy atom. The van der Waals surface area contributed by atoms with E-state index < -0.39 is 15.8 Å². The Morgan fingerprint density at radius 3 is 2.44 bits per heavy atom. The molecule has 0 saturated heterocycles. The molecule has 3 aromatic rings. The van der Waals surface area contributed by atoms with Crippen LogP contribution in [0.2, 0.25) is 0 Å². The Bertz CT molecular complexity index is 1210. The summed E-state index contributed by atoms with van der Waals surface area (Å²) < 4.78 is 65.9. The normalized spacial score (nSPS) is 14.5. The van der Waals surface area contributed by atoms with Gasteiger partial charge in [-0.25, -0.2) is 17.2 Å². The van der Waals surface area contributed by atoms with E-state index in [9.17, 15) is 17.2 Å². The van der Waals surface area contributed by atoms with Gasteiger partial charge in [-0.15, -0.1) is 0 Å². The number of aryl methyl sites for hydroxylation is 1. The first-order valence-electron chi connectivity index (χ1n) is 10.2. The molecule has 0 radical (unpaired) electrons. The highest BCUT2D eigenvalue weighted by Gasteiger charge is 2.28. The molecule has 1 aliphatic rings. The molecule has 0 aromatic heterocycles. The Hall–Kier alpha value is -2.81. The summed E-state index contributed by atoms with van der Waals surface area (Å²) in [5.41, 5.74) is 2.81. The predicted octanol–water partition coefficient (Wildman–Crippen LogP) is 4.57. The van der Waals surface area contributed by atoms with Gasteiger partial charge in [-0.1, -0.05) is 24.3 Å². The quantitative estimate of drug-likeness (QED) is 0.542. The van der Waals surface area contributed by atoms with E-state index in [1.807, 2.05) is 12.1 Å². The summed E-state index contributed by atoms with van der Waals surface area (Å²) in [6, 6.07) is 15.5. The maximum absolute atomic E-state index is 14.0. The van der Waals surface area contributed by atoms with Gasteiger partial charge in [-0.05, 0) is 60.0 Å². The first-order valence-corrected chi connectivity index (χ1v) is 11.6. The van der Waals surface area contributed by atoms with Crippen molar-refractivity contribution in [2.24, 2.45) is 0 Å². The Labute approximate surface area is 186 Å². The molecule has 168 valence electrons. The van der Waals surface area contributed by atoms with Gasteiger partial charge < -0.3 is 9.47 Å². The van der Waals surface area contributed by atoms with Crippen LogP contribution in [-0.4, -0.2) is 25.9 Å². The van der Waals surface area contributed by atoms with E-state index in [0.29, 0.717) is 30.1 Å². The second-order valence-electron chi connectivity index (χ2n) is 7.66. The molecule has 3 aromatic carbocycles. The van der Waals surface area contributed by atoms with Crippen molar-refractivity contribution in [2.75, 3.05) is 13.2 Å². The predicted molar refractivity (Wildman–Crippen MR) is 116 cm³/mol. The van der Waals surface area contributed by atoms with Crippen LogP contribution in [0.4, 0.5) is 8.78 Å². The summed E-state index contributed by atoms with van der Waals surface area (Å²) in [5.74, 6) is -0.245. The van der Waals surface area contributed by atoms with Crippen molar-refractivity contribution < 1.29 is 26.7 Å². The van der Waals surface area contributed by atoms with Crippen LogP contribution < -0.4 is 4.74 Å². The second-order valence-corrected chi connectivity index (χ2v) is 9.60. The molecule has 0 unspecified atom stereocenters. The van der Waals surface area contributed by atoms with Gasteiger partial charge in [0, 0.05) is 18.7 Å². The largest absolute Gasteiger partial charge is 0.492 e. The van der Waals surface area contributed by atoms with E-state index >= 15 is 0 Å². The van der Waals surface area contributed by atoms with Crippen LogP contribution in [0, 0.1) is 18.6 Å². The van der Waals surface area contributed by atoms with E-state index in [4.69, 9.17) is 9.47 Å². The molecule has 0 saturated carbocycles. The van der Waals surface area contributed by atoms with Crippen LogP contribution in [0.15, 0.2) is 65.6 Å². The smallest absolute Gasteiger partial charge is 0.243 e. The lowest BCUT2D eigenvalue weighted by molar-refractivity contribution is 0.107. The molecule has 0 amide bonds. The summed E-state index contributed by atoms with van der Waals surface area (Å²) >= 11 is 0. The van der Waals surface area contributed by atoms with Crippen molar-refractivity contribution in [2.45, 2.75) is 31.6 Å². The molecule has 0 aliphatic carbocycles. The van der Waals surface area contributed by atoms with Crippen molar-refractivity contribution in [3.05, 3.63) is 94.6 Å². The average Bonchev–Trinajstić information content (AvgIpc) is 2.99. The van der Waals surface area contributed by atoms with E-state index in [-0.39, 0.29) is 30.4 Å². The summed E-state index contributed by atoms with van der Waals surface area (Å²) in [5, 5.41) is 0. The zero-order valence-corrected chi connectivity index (χ0v) is 18.4. The fraction of sp³-hybridized carbons (Fsp3) is 0.250. The highest BCUT2D eigenvalue weighted by Crippen LogP contribution is 2.28. The van der Waals surface area contributed by atoms with E-state index in [1.165, 1.54) is 28.6 Å². The third-order valence-electron chi connectivity index (χ3n) is 5.30. The number of fused-ring (bicyclic) bond motifs is 1. The van der Waals surface area contributed by atoms with Gasteiger partial charge in [0.1, 0.15) is 24.0 Å². The molecule has 1 aliphatic heterocycles. The molecule has 0 atom stereocenters. The number of rotatable bonds is 6. The maximum Gasteiger partial charge on any atom is 0.243 e. The fourth-order valence-corrected chi connectivity index (χ4v) is 4.88. The number of nitrogens with zero attached hydrogens (tertiary/aromatic N) is 1. The molecule has 4 rings (SSSR count). The van der Waals surface area contributed by atoms with Crippen molar-refractivity contribution in [3.8, 4) is 5.75 Å². The molecule has 1 heterocycles. The number of sulfonamides is 1. The highest BCUT2D eigenvalue weighted by atomic mass is 32.2. The lowest BCUT2D eigenvalue weighted by Crippen LogP contribution is -2.32. The van der Waals surface area contributed by atoms with Crippen LogP contribution in [0.5, 0.6) is 5.75 Å². The standard InChI is InChI=1S/C24H23F2NO4S/c1-17-2-8-22(13-23(17)26)32(28,29)27-10-11-31-24-9-5-19(12-20(24)14-27)16-30-15-18-3-6-21(25)7-4-18/h2-9,12-13H,10-11,14-16H2,1H3. The number of benzene rings is 3. The van der Waals surface area contributed by atoms with Crippen LogP contribution in [-0.2, 0) is 34.5 Å². The minimum absolute atomic E-state index is 0.0807. The zero-order chi connectivity index (χ0) is 22.7. The number of hydrogen-bond donors (Lipinski definition) is 0. The minimum atomic E-state index is -3.89. The molecule has 0 fully saturated rings. The Morgan fingerprint density at radius 2 is 1.69 bits per heavy atom. The SMILES string of the molecule is Cc1ccc(S(=O)(=O)N2CCOc3ccc(COCc4ccc(F)cc4)cc3C2)cc1F. The van der Waals surface area contributed by atoms with Gasteiger partial charge in [0.25, 0.3) is 0 Å². The van der Waals surface area contributed by atoms with Gasteiger partial charge >= 0.3 is 0 Å². The van der Waals surface area contributed by atoms with Gasteiger partial charge in [0.2, 0.25) is 10.0 Å². The third-order valence-corrected chi connectivity index (χ3v) is 7.14. The molecule has 0 N–H and O–H groups in total. The number of ether oxygens (including phenoxy) is 2. The second kappa shape index (κ2) is 9.36. The average molecular weight is 460 g/mol. The molecular weight excluding hydrogens is 436 g/mol. The molecule has 0 spiro atoms. The molecule has 32 heavy (non-hydrogen) atoms. The van der Waals surface area contributed by atoms with E-state index in [0.717, 1.165) is 17.2 Å². The van der Waals surface area contributed by atoms with E-state index in [2.05, 4.69) is 0 Å². The first kappa shape index (κ1) is 22.4. The van der Waals surface area contributed by atoms with Crippen LogP contribution >= 0.6 is 0 Å². The van der Waals surface area contributed by atoms with Crippen LogP contribution in [0.25, 0.3) is 0 Å². The Kier molecular flexibility index (Phi) is 6.55. The van der Waals surface area contributed by atoms with Crippen molar-refractivity contribution >= 4 is 10.0 Å². The van der Waals surface area contributed by atoms with Crippen LogP contribution in [0.3, 0.4) is 0 Å². The molecular formula is C24H23F2NO4S. The van der Waals surface area contributed by atoms with Gasteiger partial charge in [0.05, 0.1) is 18.1 Å². The number of halogens is 2. The topological polar surface area (TPSA) is 55.8 Å². The van der Waals surface area contributed by atoms with Crippen molar-refractivity contribution in [1.82, 2.24) is 4.31 Å². The summed E-state index contributed by atoms with van der Waals surface area (Å²) in [4.78, 5) is -0.0807. The zero-order valence-electron chi connectivity index (χ0n) is 17.6. The van der Waals surface area contributed by atoms with Crippen LogP contribution in [0.1, 0.15) is 22.3 Å². The van der Waals surface area contributed by atoms with Gasteiger partial charge in [-0.2, -0.15) is 4.31 Å². The van der Waals surface area contributed by atoms with E-state index in [1.54, 1.807) is 25.1 Å².